The standard InChI is InChI=1S/C44H58N19O30P5/c1-15-53-33-21(36(68)54-15)51-12-61(33)39-25(65)24(64)17(87-39)7-84-94(72,73)90-27-18(88-40(26(27)66)60-11-50-20-31(45)48-10-49-32(20)60)8-85-95(74,75)91-28-19(89-41(29(28)82-3)62-13-52-22-34(62)55-42(46)57-37(22)69)9-86-97(78,79)93-98(80,81)92-96(76,77)83-6-16-4-5-44(71,30(16)67)63-14-59(2)23-35(63)56-43(47)58-38(23)70/h10-14,16-19,24-30,39-41,64-67,71H,4-9H2,1-3H3,(H13-,45,46,47,48,49,53,54,55,56,57,58,68,69,70,72,73,74,75,76,77,78,79,80,81)/p+1/t16-,17-,18-,19-,24?,25+,26+,27?,28?,29+,30?,39-,40-,41-,44?/m1/s1. The van der Waals surface area contributed by atoms with Crippen molar-refractivity contribution in [1.29, 1.82) is 0 Å². The number of nitrogens with two attached hydrogens (primary N) is 3. The van der Waals surface area contributed by atoms with E-state index in [1.165, 1.54) is 24.9 Å². The maximum absolute atomic E-state index is 14.3. The second-order valence-electron chi connectivity index (χ2n) is 22.4. The topological polar surface area (TPSA) is 702 Å². The van der Waals surface area contributed by atoms with E-state index in [0.717, 1.165) is 50.7 Å². The number of aliphatic hydroxyl groups is 5. The lowest BCUT2D eigenvalue weighted by molar-refractivity contribution is -0.795. The van der Waals surface area contributed by atoms with E-state index in [0.29, 0.717) is 0 Å². The number of imidazole rings is 4. The Bertz CT molecular complexity index is 4840. The van der Waals surface area contributed by atoms with Crippen LogP contribution >= 0.6 is 39.1 Å². The summed E-state index contributed by atoms with van der Waals surface area (Å²) in [6, 6.07) is 0. The normalized spacial score (nSPS) is 30.7. The van der Waals surface area contributed by atoms with Crippen LogP contribution in [0.5, 0.6) is 0 Å². The molecule has 98 heavy (non-hydrogen) atoms. The molecule has 0 amide bonds. The number of nitrogens with zero attached hydrogens (tertiary/aromatic N) is 13. The molecule has 4 aliphatic rings. The van der Waals surface area contributed by atoms with Gasteiger partial charge in [0.2, 0.25) is 17.2 Å². The molecule has 12 rings (SSSR count). The second-order valence-corrected chi connectivity index (χ2v) is 29.8. The Morgan fingerprint density at radius 3 is 1.77 bits per heavy atom. The zero-order valence-corrected chi connectivity index (χ0v) is 54.6. The summed E-state index contributed by atoms with van der Waals surface area (Å²) in [6.07, 6.45) is -19.2. The molecule has 1 aliphatic carbocycles. The number of hydrogen-bond acceptors (Lipinski definition) is 36. The first kappa shape index (κ1) is 71.1. The van der Waals surface area contributed by atoms with Crippen LogP contribution in [0.25, 0.3) is 44.7 Å². The number of aromatic amines is 3. The summed E-state index contributed by atoms with van der Waals surface area (Å²) in [4.78, 5) is 132. The summed E-state index contributed by atoms with van der Waals surface area (Å²) in [7, 11) is -27.2. The number of aromatic nitrogens is 16. The Morgan fingerprint density at radius 1 is 0.602 bits per heavy atom. The molecule has 0 bridgehead atoms. The minimum Gasteiger partial charge on any atom is -0.387 e. The molecule has 0 spiro atoms. The van der Waals surface area contributed by atoms with Crippen molar-refractivity contribution >= 4 is 101 Å². The minimum absolute atomic E-state index is 0.0246. The molecule has 54 heteroatoms. The summed E-state index contributed by atoms with van der Waals surface area (Å²) in [5.41, 5.74) is 11.8. The van der Waals surface area contributed by atoms with Crippen LogP contribution in [0.1, 0.15) is 37.3 Å². The van der Waals surface area contributed by atoms with Crippen molar-refractivity contribution in [1.82, 2.24) is 73.1 Å². The van der Waals surface area contributed by atoms with Gasteiger partial charge in [0.25, 0.3) is 22.6 Å². The number of fused-ring (bicyclic) bond motifs is 4. The van der Waals surface area contributed by atoms with Gasteiger partial charge in [0.05, 0.1) is 52.5 Å². The van der Waals surface area contributed by atoms with Crippen molar-refractivity contribution < 1.29 is 132 Å². The Balaban J connectivity index is 0.741. The van der Waals surface area contributed by atoms with Crippen molar-refractivity contribution in [2.75, 3.05) is 50.7 Å². The van der Waals surface area contributed by atoms with Gasteiger partial charge in [0.15, 0.2) is 58.8 Å². The largest absolute Gasteiger partial charge is 0.490 e. The molecular weight excluding hydrogens is 1430 g/mol. The van der Waals surface area contributed by atoms with E-state index in [1.54, 1.807) is 0 Å². The van der Waals surface area contributed by atoms with E-state index in [9.17, 15) is 87.2 Å². The minimum atomic E-state index is -6.30. The fraction of sp³-hybridized carbons (Fsp3) is 0.545. The first-order valence-electron chi connectivity index (χ1n) is 28.3. The lowest BCUT2D eigenvalue weighted by Gasteiger charge is -2.27. The third-order valence-corrected chi connectivity index (χ3v) is 22.2. The molecule has 10 unspecified atom stereocenters. The SMILES string of the molecule is CO[C@H]1C(OP(=O)(O)OC[C@H]2O[C@@H](n3cnc4c(N)ncnc43)[C@@H](O)C2OP(=O)(O)OC[C@H]2O[C@@H](n3cnc4c(=O)[nH]c(C)nc43)[C@@H](O)C2O)[C@@H](COP(=O)(O)OP(=O)(O)OP(=O)(O)OC[C@H]2CCC(O)([n+]3cn(C)c4c(=O)[nH]c(N)nc43)C2O)O[C@H]1n1cnc2c(=O)[nH]c(N)nc21. The number of hydrogen-bond donors (Lipinski definition) is 16. The predicted molar refractivity (Wildman–Crippen MR) is 315 cm³/mol. The summed E-state index contributed by atoms with van der Waals surface area (Å²) in [5.74, 6) is -2.04. The van der Waals surface area contributed by atoms with Crippen LogP contribution in [0.4, 0.5) is 17.7 Å². The molecule has 8 aromatic rings. The lowest BCUT2D eigenvalue weighted by atomic mass is 10.0. The maximum Gasteiger partial charge on any atom is 0.490 e. The van der Waals surface area contributed by atoms with Crippen LogP contribution in [0.15, 0.2) is 46.0 Å². The Labute approximate surface area is 542 Å². The fourth-order valence-electron chi connectivity index (χ4n) is 11.6. The van der Waals surface area contributed by atoms with Gasteiger partial charge in [-0.3, -0.25) is 69.8 Å². The Kier molecular flexibility index (Phi) is 19.1. The highest BCUT2D eigenvalue weighted by Crippen LogP contribution is 2.68. The smallest absolute Gasteiger partial charge is 0.387 e. The van der Waals surface area contributed by atoms with Crippen LogP contribution in [0.2, 0.25) is 0 Å². The third kappa shape index (κ3) is 13.8. The summed E-state index contributed by atoms with van der Waals surface area (Å²) >= 11 is 0. The van der Waals surface area contributed by atoms with Gasteiger partial charge in [0, 0.05) is 19.4 Å². The van der Waals surface area contributed by atoms with E-state index in [4.69, 9.17) is 63.3 Å². The van der Waals surface area contributed by atoms with E-state index >= 15 is 0 Å². The monoisotopic (exact) mass is 1490 g/mol. The molecule has 19 N–H and O–H groups in total. The molecule has 1 saturated carbocycles. The van der Waals surface area contributed by atoms with Crippen LogP contribution in [-0.4, -0.2) is 218 Å². The average molecular weight is 1490 g/mol. The summed E-state index contributed by atoms with van der Waals surface area (Å²) in [6.45, 7) is -3.22. The molecule has 3 saturated heterocycles. The fourth-order valence-corrected chi connectivity index (χ4v) is 17.1. The van der Waals surface area contributed by atoms with Crippen LogP contribution in [-0.2, 0) is 90.3 Å². The summed E-state index contributed by atoms with van der Waals surface area (Å²) in [5, 5.41) is 56.7. The molecule has 8 aromatic heterocycles. The highest BCUT2D eigenvalue weighted by atomic mass is 31.3. The van der Waals surface area contributed by atoms with Crippen LogP contribution in [0.3, 0.4) is 0 Å². The molecule has 534 valence electrons. The van der Waals surface area contributed by atoms with E-state index < -0.39 is 180 Å². The number of anilines is 3. The number of aryl methyl sites for hydroxylation is 2. The van der Waals surface area contributed by atoms with Gasteiger partial charge in [-0.2, -0.15) is 13.6 Å². The first-order chi connectivity index (χ1) is 46.0. The molecule has 49 nitrogen and oxygen atoms in total. The second kappa shape index (κ2) is 26.3. The highest BCUT2D eigenvalue weighted by molar-refractivity contribution is 7.66. The number of phosphoric ester groups is 4. The number of phosphoric acid groups is 5. The number of nitrogens with one attached hydrogen (secondary N) is 3. The molecule has 20 atom stereocenters. The molecular formula is C44H59N19O30P5+. The van der Waals surface area contributed by atoms with Crippen molar-refractivity contribution in [2.24, 2.45) is 13.0 Å². The van der Waals surface area contributed by atoms with Gasteiger partial charge in [-0.1, -0.05) is 4.98 Å². The zero-order chi connectivity index (χ0) is 70.7. The number of rotatable bonds is 25. The number of aliphatic hydroxyl groups excluding tert-OH is 4. The zero-order valence-electron chi connectivity index (χ0n) is 50.1. The van der Waals surface area contributed by atoms with Gasteiger partial charge < -0.3 is 91.1 Å². The van der Waals surface area contributed by atoms with Gasteiger partial charge in [-0.25, -0.2) is 57.3 Å². The van der Waals surface area contributed by atoms with E-state index in [1.807, 2.05) is 0 Å². The van der Waals surface area contributed by atoms with Gasteiger partial charge in [-0.15, -0.1) is 0 Å². The van der Waals surface area contributed by atoms with Crippen LogP contribution in [0, 0.1) is 12.8 Å². The van der Waals surface area contributed by atoms with Gasteiger partial charge in [0.1, 0.15) is 78.7 Å². The van der Waals surface area contributed by atoms with Crippen molar-refractivity contribution in [3.63, 3.8) is 0 Å². The molecule has 11 heterocycles. The Hall–Kier alpha value is -6.73. The molecule has 3 aliphatic heterocycles. The van der Waals surface area contributed by atoms with E-state index in [2.05, 4.69) is 63.4 Å². The van der Waals surface area contributed by atoms with Crippen molar-refractivity contribution in [3.05, 3.63) is 68.5 Å². The van der Waals surface area contributed by atoms with Crippen molar-refractivity contribution in [3.8, 4) is 0 Å². The number of methoxy groups -OCH3 is 1. The van der Waals surface area contributed by atoms with E-state index in [-0.39, 0.29) is 75.1 Å². The highest BCUT2D eigenvalue weighted by Gasteiger charge is 2.57. The first-order valence-corrected chi connectivity index (χ1v) is 35.8. The molecule has 0 aromatic carbocycles. The number of H-pyrrole nitrogens is 3. The Morgan fingerprint density at radius 2 is 1.11 bits per heavy atom. The quantitative estimate of drug-likeness (QED) is 0.0189. The van der Waals surface area contributed by atoms with Crippen LogP contribution < -0.4 is 38.4 Å². The number of nitrogen functional groups attached to an aromatic ring is 3. The maximum atomic E-state index is 14.3. The predicted octanol–water partition coefficient (Wildman–Crippen LogP) is -4.71. The third-order valence-electron chi connectivity index (χ3n) is 16.0. The molecule has 4 fully saturated rings. The van der Waals surface area contributed by atoms with Gasteiger partial charge >= 0.3 is 44.8 Å². The van der Waals surface area contributed by atoms with Crippen molar-refractivity contribution in [2.45, 2.75) is 105 Å². The van der Waals surface area contributed by atoms with Gasteiger partial charge in [-0.05, 0) is 13.3 Å². The molecule has 0 radical (unpaired) electrons. The summed E-state index contributed by atoms with van der Waals surface area (Å²) < 4.78 is 137. The number of ether oxygens (including phenoxy) is 4. The lowest BCUT2D eigenvalue weighted by Crippen LogP contribution is -2.61. The average Bonchev–Trinajstić information content (AvgIpc) is 1.60.